The summed E-state index contributed by atoms with van der Waals surface area (Å²) in [5.74, 6) is 1.83. The third-order valence-electron chi connectivity index (χ3n) is 6.70. The molecule has 0 bridgehead atoms. The second-order valence-electron chi connectivity index (χ2n) is 10.2. The Hall–Kier alpha value is -4.05. The molecule has 1 aliphatic rings. The maximum atomic E-state index is 14.0. The molecule has 0 spiro atoms. The van der Waals surface area contributed by atoms with Crippen LogP contribution in [0.4, 0.5) is 0 Å². The predicted octanol–water partition coefficient (Wildman–Crippen LogP) is 5.17. The van der Waals surface area contributed by atoms with Gasteiger partial charge in [0.15, 0.2) is 27.8 Å². The Morgan fingerprint density at radius 3 is 2.47 bits per heavy atom. The molecule has 0 amide bonds. The van der Waals surface area contributed by atoms with Crippen molar-refractivity contribution in [3.8, 4) is 23.0 Å². The van der Waals surface area contributed by atoms with Crippen molar-refractivity contribution in [1.29, 1.82) is 0 Å². The molecule has 0 N–H and O–H groups in total. The maximum Gasteiger partial charge on any atom is 0.338 e. The van der Waals surface area contributed by atoms with Gasteiger partial charge in [0.25, 0.3) is 5.56 Å². The van der Waals surface area contributed by atoms with Crippen molar-refractivity contribution in [3.05, 3.63) is 78.5 Å². The van der Waals surface area contributed by atoms with Gasteiger partial charge in [-0.15, -0.1) is 0 Å². The number of nitrogens with zero attached hydrogens (tertiary/aromatic N) is 2. The predicted molar refractivity (Wildman–Crippen MR) is 167 cm³/mol. The van der Waals surface area contributed by atoms with E-state index in [1.54, 1.807) is 37.7 Å². The van der Waals surface area contributed by atoms with Crippen LogP contribution in [0.25, 0.3) is 6.08 Å². The summed E-state index contributed by atoms with van der Waals surface area (Å²) in [6.45, 7) is 12.7. The number of carbonyl (C=O) groups is 1. The van der Waals surface area contributed by atoms with E-state index in [0.29, 0.717) is 62.4 Å². The fraction of sp³-hybridized carbons (Fsp3) is 0.424. The first-order valence-electron chi connectivity index (χ1n) is 14.7. The number of fused-ring (bicyclic) bond motifs is 1. The first kappa shape index (κ1) is 31.9. The lowest BCUT2D eigenvalue weighted by Gasteiger charge is -2.25. The summed E-state index contributed by atoms with van der Waals surface area (Å²) >= 11 is 1.26. The smallest absolute Gasteiger partial charge is 0.338 e. The van der Waals surface area contributed by atoms with Crippen molar-refractivity contribution < 1.29 is 28.5 Å². The van der Waals surface area contributed by atoms with Crippen LogP contribution in [-0.2, 0) is 9.53 Å². The SMILES string of the molecule is CCCCOc1ccc(/C=c2\sc3n(c2=O)[C@@H](c2ccc(OC(C)C)c(OC)c2)C(C(=O)OCC)=C(C)N=3)cc1OCC. The molecular formula is C33H40N2O7S. The summed E-state index contributed by atoms with van der Waals surface area (Å²) in [6, 6.07) is 10.3. The fourth-order valence-electron chi connectivity index (χ4n) is 4.79. The first-order chi connectivity index (χ1) is 20.7. The topological polar surface area (TPSA) is 97.6 Å². The van der Waals surface area contributed by atoms with Crippen LogP contribution in [0.1, 0.15) is 71.6 Å². The van der Waals surface area contributed by atoms with Crippen molar-refractivity contribution in [2.24, 2.45) is 4.99 Å². The number of benzene rings is 2. The van der Waals surface area contributed by atoms with Crippen LogP contribution in [0, 0.1) is 0 Å². The number of methoxy groups -OCH3 is 1. The molecule has 0 aliphatic carbocycles. The second kappa shape index (κ2) is 14.4. The number of carbonyl (C=O) groups excluding carboxylic acids is 1. The molecular weight excluding hydrogens is 568 g/mol. The number of rotatable bonds is 13. The zero-order chi connectivity index (χ0) is 31.1. The Morgan fingerprint density at radius 2 is 1.79 bits per heavy atom. The number of hydrogen-bond donors (Lipinski definition) is 0. The minimum Gasteiger partial charge on any atom is -0.493 e. The standard InChI is InChI=1S/C33H40N2O7S/c1-8-11-16-41-24-14-12-22(17-27(24)39-9-2)18-28-31(36)35-30(23-13-15-25(42-20(4)5)26(19-23)38-7)29(32(37)40-10-3)21(6)34-33(35)43-28/h12-15,17-20,30H,8-11,16H2,1-7H3/b28-18-/t30-/m0/s1. The minimum atomic E-state index is -0.771. The zero-order valence-electron chi connectivity index (χ0n) is 25.9. The normalized spacial score (nSPS) is 14.8. The summed E-state index contributed by atoms with van der Waals surface area (Å²) in [5.41, 5.74) is 1.97. The molecule has 0 radical (unpaired) electrons. The van der Waals surface area contributed by atoms with E-state index in [1.165, 1.54) is 11.3 Å². The summed E-state index contributed by atoms with van der Waals surface area (Å²) < 4.78 is 30.7. The molecule has 1 atom stereocenters. The number of unbranched alkanes of at least 4 members (excludes halogenated alkanes) is 1. The van der Waals surface area contributed by atoms with Gasteiger partial charge in [0.1, 0.15) is 0 Å². The molecule has 0 fully saturated rings. The van der Waals surface area contributed by atoms with Gasteiger partial charge in [-0.1, -0.05) is 36.8 Å². The molecule has 10 heteroatoms. The average molecular weight is 609 g/mol. The van der Waals surface area contributed by atoms with E-state index in [-0.39, 0.29) is 18.3 Å². The second-order valence-corrected chi connectivity index (χ2v) is 11.2. The Morgan fingerprint density at radius 1 is 1.02 bits per heavy atom. The highest BCUT2D eigenvalue weighted by Crippen LogP contribution is 2.36. The molecule has 2 heterocycles. The summed E-state index contributed by atoms with van der Waals surface area (Å²) in [4.78, 5) is 32.5. The average Bonchev–Trinajstić information content (AvgIpc) is 3.27. The molecule has 230 valence electrons. The van der Waals surface area contributed by atoms with E-state index in [2.05, 4.69) is 11.9 Å². The van der Waals surface area contributed by atoms with Crippen molar-refractivity contribution in [2.45, 2.75) is 66.5 Å². The Balaban J connectivity index is 1.86. The van der Waals surface area contributed by atoms with E-state index in [4.69, 9.17) is 23.7 Å². The van der Waals surface area contributed by atoms with Gasteiger partial charge >= 0.3 is 5.97 Å². The van der Waals surface area contributed by atoms with Gasteiger partial charge < -0.3 is 23.7 Å². The Bertz CT molecular complexity index is 1670. The number of thiazole rings is 1. The number of esters is 1. The van der Waals surface area contributed by atoms with E-state index in [0.717, 1.165) is 18.4 Å². The highest BCUT2D eigenvalue weighted by Gasteiger charge is 2.34. The van der Waals surface area contributed by atoms with Crippen molar-refractivity contribution >= 4 is 23.4 Å². The van der Waals surface area contributed by atoms with Crippen molar-refractivity contribution in [1.82, 2.24) is 4.57 Å². The van der Waals surface area contributed by atoms with Gasteiger partial charge in [-0.25, -0.2) is 9.79 Å². The minimum absolute atomic E-state index is 0.0603. The van der Waals surface area contributed by atoms with Crippen LogP contribution in [0.5, 0.6) is 23.0 Å². The monoisotopic (exact) mass is 608 g/mol. The molecule has 1 aromatic heterocycles. The van der Waals surface area contributed by atoms with E-state index < -0.39 is 12.0 Å². The number of allylic oxidation sites excluding steroid dienone is 1. The van der Waals surface area contributed by atoms with E-state index >= 15 is 0 Å². The maximum absolute atomic E-state index is 14.0. The highest BCUT2D eigenvalue weighted by molar-refractivity contribution is 7.07. The van der Waals surface area contributed by atoms with Crippen molar-refractivity contribution in [3.63, 3.8) is 0 Å². The Kier molecular flexibility index (Phi) is 10.7. The van der Waals surface area contributed by atoms with Gasteiger partial charge in [0.05, 0.1) is 54.9 Å². The van der Waals surface area contributed by atoms with Crippen LogP contribution in [-0.4, -0.2) is 43.6 Å². The van der Waals surface area contributed by atoms with Gasteiger partial charge in [0, 0.05) is 0 Å². The quantitative estimate of drug-likeness (QED) is 0.195. The van der Waals surface area contributed by atoms with Crippen LogP contribution >= 0.6 is 11.3 Å². The third-order valence-corrected chi connectivity index (χ3v) is 7.69. The summed E-state index contributed by atoms with van der Waals surface area (Å²) in [6.07, 6.45) is 3.73. The Labute approximate surface area is 256 Å². The molecule has 9 nitrogen and oxygen atoms in total. The van der Waals surface area contributed by atoms with Gasteiger partial charge in [-0.2, -0.15) is 0 Å². The van der Waals surface area contributed by atoms with Crippen molar-refractivity contribution in [2.75, 3.05) is 26.9 Å². The molecule has 0 unspecified atom stereocenters. The van der Waals surface area contributed by atoms with Gasteiger partial charge in [0.2, 0.25) is 0 Å². The van der Waals surface area contributed by atoms with Crippen LogP contribution in [0.15, 0.2) is 57.5 Å². The van der Waals surface area contributed by atoms with E-state index in [1.807, 2.05) is 51.1 Å². The molecule has 43 heavy (non-hydrogen) atoms. The molecule has 2 aromatic carbocycles. The number of hydrogen-bond acceptors (Lipinski definition) is 9. The summed E-state index contributed by atoms with van der Waals surface area (Å²) in [7, 11) is 1.56. The van der Waals surface area contributed by atoms with Gasteiger partial charge in [-0.05, 0) is 82.5 Å². The molecule has 0 saturated carbocycles. The highest BCUT2D eigenvalue weighted by atomic mass is 32.1. The molecule has 3 aromatic rings. The van der Waals surface area contributed by atoms with Gasteiger partial charge in [-0.3, -0.25) is 9.36 Å². The largest absolute Gasteiger partial charge is 0.493 e. The van der Waals surface area contributed by atoms with Crippen LogP contribution in [0.2, 0.25) is 0 Å². The lowest BCUT2D eigenvalue weighted by atomic mass is 9.95. The molecule has 4 rings (SSSR count). The third kappa shape index (κ3) is 7.13. The number of aromatic nitrogens is 1. The zero-order valence-corrected chi connectivity index (χ0v) is 26.7. The van der Waals surface area contributed by atoms with E-state index in [9.17, 15) is 9.59 Å². The fourth-order valence-corrected chi connectivity index (χ4v) is 5.84. The lowest BCUT2D eigenvalue weighted by molar-refractivity contribution is -0.139. The lowest BCUT2D eigenvalue weighted by Crippen LogP contribution is -2.40. The first-order valence-corrected chi connectivity index (χ1v) is 15.5. The number of ether oxygens (including phenoxy) is 5. The van der Waals surface area contributed by atoms with Crippen LogP contribution in [0.3, 0.4) is 0 Å². The van der Waals surface area contributed by atoms with Crippen LogP contribution < -0.4 is 33.8 Å². The molecule has 0 saturated heterocycles. The molecule has 1 aliphatic heterocycles. The summed E-state index contributed by atoms with van der Waals surface area (Å²) in [5, 5.41) is 0.